The fourth-order valence-electron chi connectivity index (χ4n) is 3.61. The number of nitro groups is 1. The Morgan fingerprint density at radius 3 is 2.47 bits per heavy atom. The standard InChI is InChI=1S/C23H27N3O6/c1-31-19-8-5-17(6-9-19)11-12-24-22(27)16-32-23(28)20-15-18(26(29)30)7-10-21(20)25-13-3-2-4-14-25/h5-10,15H,2-4,11-14,16H2,1H3,(H,24,27). The minimum absolute atomic E-state index is 0.104. The molecule has 3 rings (SSSR count). The van der Waals surface area contributed by atoms with Crippen molar-refractivity contribution in [3.63, 3.8) is 0 Å². The van der Waals surface area contributed by atoms with Crippen LogP contribution in [0.5, 0.6) is 5.75 Å². The molecule has 2 aromatic carbocycles. The van der Waals surface area contributed by atoms with E-state index in [4.69, 9.17) is 9.47 Å². The van der Waals surface area contributed by atoms with E-state index in [-0.39, 0.29) is 11.3 Å². The van der Waals surface area contributed by atoms with Gasteiger partial charge >= 0.3 is 5.97 Å². The summed E-state index contributed by atoms with van der Waals surface area (Å²) in [6, 6.07) is 11.7. The monoisotopic (exact) mass is 441 g/mol. The zero-order valence-corrected chi connectivity index (χ0v) is 18.0. The number of hydrogen-bond acceptors (Lipinski definition) is 7. The molecule has 0 spiro atoms. The molecule has 1 heterocycles. The predicted octanol–water partition coefficient (Wildman–Crippen LogP) is 3.11. The molecule has 1 saturated heterocycles. The van der Waals surface area contributed by atoms with Crippen LogP contribution in [0.4, 0.5) is 11.4 Å². The number of methoxy groups -OCH3 is 1. The minimum atomic E-state index is -0.750. The first kappa shape index (κ1) is 23.1. The number of ether oxygens (including phenoxy) is 2. The van der Waals surface area contributed by atoms with Gasteiger partial charge in [0.2, 0.25) is 0 Å². The lowest BCUT2D eigenvalue weighted by Gasteiger charge is -2.30. The summed E-state index contributed by atoms with van der Waals surface area (Å²) in [5.41, 5.74) is 1.54. The summed E-state index contributed by atoms with van der Waals surface area (Å²) in [5.74, 6) is -0.425. The van der Waals surface area contributed by atoms with Crippen LogP contribution >= 0.6 is 0 Å². The van der Waals surface area contributed by atoms with Crippen LogP contribution in [0.2, 0.25) is 0 Å². The third-order valence-corrected chi connectivity index (χ3v) is 5.34. The second-order valence-electron chi connectivity index (χ2n) is 7.53. The summed E-state index contributed by atoms with van der Waals surface area (Å²) >= 11 is 0. The maximum atomic E-state index is 12.7. The highest BCUT2D eigenvalue weighted by Crippen LogP contribution is 2.28. The average molecular weight is 441 g/mol. The lowest BCUT2D eigenvalue weighted by atomic mass is 10.1. The van der Waals surface area contributed by atoms with E-state index < -0.39 is 23.4 Å². The molecule has 9 heteroatoms. The molecule has 0 radical (unpaired) electrons. The van der Waals surface area contributed by atoms with Gasteiger partial charge in [-0.2, -0.15) is 0 Å². The van der Waals surface area contributed by atoms with E-state index in [1.165, 1.54) is 12.1 Å². The summed E-state index contributed by atoms with van der Waals surface area (Å²) in [7, 11) is 1.60. The third-order valence-electron chi connectivity index (χ3n) is 5.34. The highest BCUT2D eigenvalue weighted by molar-refractivity contribution is 5.97. The van der Waals surface area contributed by atoms with Crippen LogP contribution < -0.4 is 15.0 Å². The van der Waals surface area contributed by atoms with Crippen LogP contribution in [0, 0.1) is 10.1 Å². The van der Waals surface area contributed by atoms with Gasteiger partial charge in [-0.25, -0.2) is 4.79 Å². The first-order chi connectivity index (χ1) is 15.5. The van der Waals surface area contributed by atoms with Crippen LogP contribution in [0.25, 0.3) is 0 Å². The summed E-state index contributed by atoms with van der Waals surface area (Å²) in [4.78, 5) is 37.4. The van der Waals surface area contributed by atoms with E-state index in [1.54, 1.807) is 13.2 Å². The van der Waals surface area contributed by atoms with Crippen LogP contribution in [0.15, 0.2) is 42.5 Å². The predicted molar refractivity (Wildman–Crippen MR) is 119 cm³/mol. The number of carbonyl (C=O) groups is 2. The van der Waals surface area contributed by atoms with Crippen molar-refractivity contribution in [2.75, 3.05) is 38.3 Å². The van der Waals surface area contributed by atoms with E-state index in [0.29, 0.717) is 18.7 Å². The van der Waals surface area contributed by atoms with E-state index in [2.05, 4.69) is 5.32 Å². The van der Waals surface area contributed by atoms with Gasteiger partial charge in [0, 0.05) is 31.8 Å². The number of nitro benzene ring substituents is 1. The van der Waals surface area contributed by atoms with Crippen LogP contribution in [0.1, 0.15) is 35.2 Å². The Labute approximate surface area is 186 Å². The van der Waals surface area contributed by atoms with Crippen LogP contribution in [-0.4, -0.2) is 50.2 Å². The lowest BCUT2D eigenvalue weighted by Crippen LogP contribution is -2.32. The Kier molecular flexibility index (Phi) is 8.02. The molecule has 1 amide bonds. The number of carbonyl (C=O) groups excluding carboxylic acids is 2. The van der Waals surface area contributed by atoms with Crippen molar-refractivity contribution in [2.45, 2.75) is 25.7 Å². The van der Waals surface area contributed by atoms with Crippen molar-refractivity contribution in [1.29, 1.82) is 0 Å². The molecule has 0 aliphatic carbocycles. The Morgan fingerprint density at radius 1 is 1.09 bits per heavy atom. The largest absolute Gasteiger partial charge is 0.497 e. The van der Waals surface area contributed by atoms with E-state index >= 15 is 0 Å². The molecule has 0 aromatic heterocycles. The average Bonchev–Trinajstić information content (AvgIpc) is 2.83. The zero-order valence-electron chi connectivity index (χ0n) is 18.0. The minimum Gasteiger partial charge on any atom is -0.497 e. The van der Waals surface area contributed by atoms with Gasteiger partial charge in [0.1, 0.15) is 5.75 Å². The number of piperidine rings is 1. The molecule has 2 aromatic rings. The molecule has 0 unspecified atom stereocenters. The fourth-order valence-corrected chi connectivity index (χ4v) is 3.61. The topological polar surface area (TPSA) is 111 Å². The Hall–Kier alpha value is -3.62. The Morgan fingerprint density at radius 2 is 1.81 bits per heavy atom. The molecule has 170 valence electrons. The van der Waals surface area contributed by atoms with Crippen molar-refractivity contribution >= 4 is 23.3 Å². The number of non-ortho nitro benzene ring substituents is 1. The number of esters is 1. The molecule has 1 aliphatic heterocycles. The molecule has 0 bridgehead atoms. The molecule has 1 N–H and O–H groups in total. The quantitative estimate of drug-likeness (QED) is 0.362. The van der Waals surface area contributed by atoms with Crippen molar-refractivity contribution < 1.29 is 24.0 Å². The molecule has 1 aliphatic rings. The summed E-state index contributed by atoms with van der Waals surface area (Å²) in [5, 5.41) is 13.9. The molecule has 0 atom stereocenters. The molecule has 32 heavy (non-hydrogen) atoms. The smallest absolute Gasteiger partial charge is 0.341 e. The summed E-state index contributed by atoms with van der Waals surface area (Å²) in [6.45, 7) is 1.47. The van der Waals surface area contributed by atoms with Crippen molar-refractivity contribution in [1.82, 2.24) is 5.32 Å². The number of nitrogens with one attached hydrogen (secondary N) is 1. The molecule has 9 nitrogen and oxygen atoms in total. The van der Waals surface area contributed by atoms with Gasteiger partial charge < -0.3 is 19.7 Å². The molecular weight excluding hydrogens is 414 g/mol. The highest BCUT2D eigenvalue weighted by Gasteiger charge is 2.23. The first-order valence-electron chi connectivity index (χ1n) is 10.6. The normalized spacial score (nSPS) is 13.3. The fraction of sp³-hybridized carbons (Fsp3) is 0.391. The number of nitrogens with zero attached hydrogens (tertiary/aromatic N) is 2. The van der Waals surface area contributed by atoms with Gasteiger partial charge in [0.25, 0.3) is 11.6 Å². The first-order valence-corrected chi connectivity index (χ1v) is 10.6. The maximum absolute atomic E-state index is 12.7. The second kappa shape index (κ2) is 11.1. The van der Waals surface area contributed by atoms with Crippen LogP contribution in [-0.2, 0) is 16.0 Å². The summed E-state index contributed by atoms with van der Waals surface area (Å²) < 4.78 is 10.3. The molecule has 0 saturated carbocycles. The van der Waals surface area contributed by atoms with Crippen molar-refractivity contribution in [2.24, 2.45) is 0 Å². The van der Waals surface area contributed by atoms with Gasteiger partial charge in [0.15, 0.2) is 6.61 Å². The molecular formula is C23H27N3O6. The van der Waals surface area contributed by atoms with E-state index in [9.17, 15) is 19.7 Å². The lowest BCUT2D eigenvalue weighted by molar-refractivity contribution is -0.384. The number of rotatable bonds is 9. The summed E-state index contributed by atoms with van der Waals surface area (Å²) in [6.07, 6.45) is 3.71. The van der Waals surface area contributed by atoms with Crippen LogP contribution in [0.3, 0.4) is 0 Å². The Bertz CT molecular complexity index is 955. The number of amides is 1. The SMILES string of the molecule is COc1ccc(CCNC(=O)COC(=O)c2cc([N+](=O)[O-])ccc2N2CCCCC2)cc1. The zero-order chi connectivity index (χ0) is 22.9. The van der Waals surface area contributed by atoms with E-state index in [0.717, 1.165) is 43.7 Å². The Balaban J connectivity index is 1.56. The van der Waals surface area contributed by atoms with Gasteiger partial charge in [0.05, 0.1) is 23.3 Å². The van der Waals surface area contributed by atoms with E-state index in [1.807, 2.05) is 29.2 Å². The molecule has 1 fully saturated rings. The highest BCUT2D eigenvalue weighted by atomic mass is 16.6. The second-order valence-corrected chi connectivity index (χ2v) is 7.53. The van der Waals surface area contributed by atoms with Crippen molar-refractivity contribution in [3.8, 4) is 5.75 Å². The van der Waals surface area contributed by atoms with Gasteiger partial charge in [-0.15, -0.1) is 0 Å². The number of benzene rings is 2. The van der Waals surface area contributed by atoms with Gasteiger partial charge in [-0.05, 0) is 49.4 Å². The number of hydrogen-bond donors (Lipinski definition) is 1. The maximum Gasteiger partial charge on any atom is 0.341 e. The van der Waals surface area contributed by atoms with Crippen molar-refractivity contribution in [3.05, 3.63) is 63.7 Å². The van der Waals surface area contributed by atoms with Gasteiger partial charge in [-0.3, -0.25) is 14.9 Å². The number of anilines is 1. The third kappa shape index (κ3) is 6.19. The van der Waals surface area contributed by atoms with Gasteiger partial charge in [-0.1, -0.05) is 12.1 Å².